The first kappa shape index (κ1) is 22.9. The van der Waals surface area contributed by atoms with Gasteiger partial charge in [-0.1, -0.05) is 37.0 Å². The van der Waals surface area contributed by atoms with Crippen LogP contribution in [-0.2, 0) is 9.53 Å². The van der Waals surface area contributed by atoms with E-state index in [2.05, 4.69) is 4.90 Å². The maximum atomic E-state index is 13.6. The summed E-state index contributed by atoms with van der Waals surface area (Å²) in [5.74, 6) is 0.429. The molecule has 2 fully saturated rings. The van der Waals surface area contributed by atoms with Crippen LogP contribution in [0.4, 0.5) is 5.82 Å². The molecule has 2 saturated heterocycles. The van der Waals surface area contributed by atoms with Gasteiger partial charge >= 0.3 is 0 Å². The summed E-state index contributed by atoms with van der Waals surface area (Å²) in [6, 6.07) is 3.77. The van der Waals surface area contributed by atoms with Crippen LogP contribution in [0.3, 0.4) is 0 Å². The van der Waals surface area contributed by atoms with E-state index in [1.807, 2.05) is 46.8 Å². The zero-order valence-electron chi connectivity index (χ0n) is 19.0. The molecule has 0 saturated carbocycles. The smallest absolute Gasteiger partial charge is 0.267 e. The highest BCUT2D eigenvalue weighted by atomic mass is 32.2. The summed E-state index contributed by atoms with van der Waals surface area (Å²) in [4.78, 5) is 35.8. The number of pyridine rings is 1. The lowest BCUT2D eigenvalue weighted by Crippen LogP contribution is -2.46. The predicted molar refractivity (Wildman–Crippen MR) is 133 cm³/mol. The fourth-order valence-electron chi connectivity index (χ4n) is 4.19. The van der Waals surface area contributed by atoms with Crippen molar-refractivity contribution in [2.24, 2.45) is 0 Å². The molecular formula is C23H28N4O3S2. The average molecular weight is 473 g/mol. The Morgan fingerprint density at radius 3 is 2.66 bits per heavy atom. The maximum absolute atomic E-state index is 13.6. The minimum atomic E-state index is -0.200. The normalized spacial score (nSPS) is 24.1. The third-order valence-electron chi connectivity index (χ3n) is 5.91. The van der Waals surface area contributed by atoms with Crippen LogP contribution in [0, 0.1) is 6.92 Å². The summed E-state index contributed by atoms with van der Waals surface area (Å²) in [7, 11) is 0. The molecule has 0 spiro atoms. The Morgan fingerprint density at radius 2 is 2.00 bits per heavy atom. The Balaban J connectivity index is 1.89. The monoisotopic (exact) mass is 472 g/mol. The fraction of sp³-hybridized carbons (Fsp3) is 0.478. The Morgan fingerprint density at radius 1 is 1.31 bits per heavy atom. The molecule has 1 amide bonds. The summed E-state index contributed by atoms with van der Waals surface area (Å²) >= 11 is 6.71. The van der Waals surface area contributed by atoms with Crippen LogP contribution in [0.5, 0.6) is 0 Å². The summed E-state index contributed by atoms with van der Waals surface area (Å²) in [6.07, 6.45) is 4.20. The second kappa shape index (κ2) is 8.96. The van der Waals surface area contributed by atoms with Gasteiger partial charge < -0.3 is 9.64 Å². The quantitative estimate of drug-likeness (QED) is 0.497. The summed E-state index contributed by atoms with van der Waals surface area (Å²) in [5.41, 5.74) is 1.73. The largest absolute Gasteiger partial charge is 0.372 e. The lowest BCUT2D eigenvalue weighted by Gasteiger charge is -2.36. The van der Waals surface area contributed by atoms with Crippen LogP contribution in [0.2, 0.25) is 0 Å². The molecule has 4 heterocycles. The molecule has 2 aliphatic rings. The van der Waals surface area contributed by atoms with E-state index in [-0.39, 0.29) is 29.7 Å². The topological polar surface area (TPSA) is 67.2 Å². The van der Waals surface area contributed by atoms with Crippen molar-refractivity contribution in [1.82, 2.24) is 14.3 Å². The summed E-state index contributed by atoms with van der Waals surface area (Å²) in [5, 5.41) is 0. The third-order valence-corrected chi connectivity index (χ3v) is 7.24. The predicted octanol–water partition coefficient (Wildman–Crippen LogP) is 3.62. The van der Waals surface area contributed by atoms with E-state index in [9.17, 15) is 9.59 Å². The highest BCUT2D eigenvalue weighted by Crippen LogP contribution is 2.35. The molecule has 170 valence electrons. The molecule has 0 aliphatic carbocycles. The molecule has 2 aliphatic heterocycles. The number of ether oxygens (including phenoxy) is 1. The number of aromatic nitrogens is 2. The van der Waals surface area contributed by atoms with E-state index in [4.69, 9.17) is 21.9 Å². The Bertz CT molecular complexity index is 1170. The molecule has 2 aromatic rings. The van der Waals surface area contributed by atoms with Gasteiger partial charge in [-0.05, 0) is 51.8 Å². The minimum absolute atomic E-state index is 0.00675. The highest BCUT2D eigenvalue weighted by Gasteiger charge is 2.35. The van der Waals surface area contributed by atoms with Crippen LogP contribution in [0.15, 0.2) is 28.0 Å². The van der Waals surface area contributed by atoms with E-state index in [1.165, 1.54) is 11.8 Å². The first-order chi connectivity index (χ1) is 15.2. The molecule has 0 N–H and O–H groups in total. The standard InChI is InChI=1S/C23H28N4O3S2/c1-6-14(3)27-22(29)18(32-23(27)31)10-17-20(25-11-15(4)30-16(5)12-25)24-19-13(2)8-7-9-26(19)21(17)28/h7-10,14-16H,6,11-12H2,1-5H3/b18-10-/t14-,15-,16-/m0/s1. The van der Waals surface area contributed by atoms with Crippen molar-refractivity contribution in [3.05, 3.63) is 44.7 Å². The Hall–Kier alpha value is -2.23. The number of amides is 1. The van der Waals surface area contributed by atoms with Crippen molar-refractivity contribution in [2.45, 2.75) is 59.3 Å². The van der Waals surface area contributed by atoms with Gasteiger partial charge in [0.05, 0.1) is 22.7 Å². The number of rotatable bonds is 4. The van der Waals surface area contributed by atoms with Crippen molar-refractivity contribution in [1.29, 1.82) is 0 Å². The van der Waals surface area contributed by atoms with Crippen molar-refractivity contribution in [3.63, 3.8) is 0 Å². The number of nitrogens with zero attached hydrogens (tertiary/aromatic N) is 4. The number of thiocarbonyl (C=S) groups is 1. The zero-order valence-corrected chi connectivity index (χ0v) is 20.6. The number of anilines is 1. The van der Waals surface area contributed by atoms with Crippen molar-refractivity contribution >= 4 is 51.7 Å². The van der Waals surface area contributed by atoms with E-state index < -0.39 is 0 Å². The van der Waals surface area contributed by atoms with Gasteiger partial charge in [-0.15, -0.1) is 0 Å². The van der Waals surface area contributed by atoms with Gasteiger partial charge in [0.15, 0.2) is 0 Å². The zero-order chi connectivity index (χ0) is 23.2. The van der Waals surface area contributed by atoms with Crippen LogP contribution in [-0.4, -0.2) is 55.9 Å². The van der Waals surface area contributed by atoms with Gasteiger partial charge in [0.2, 0.25) is 0 Å². The molecular weight excluding hydrogens is 444 g/mol. The second-order valence-electron chi connectivity index (χ2n) is 8.51. The van der Waals surface area contributed by atoms with E-state index in [1.54, 1.807) is 21.6 Å². The lowest BCUT2D eigenvalue weighted by atomic mass is 10.1. The third kappa shape index (κ3) is 4.09. The van der Waals surface area contributed by atoms with Gasteiger partial charge in [0, 0.05) is 25.3 Å². The fourth-order valence-corrected chi connectivity index (χ4v) is 5.64. The SMILES string of the molecule is CC[C@H](C)N1C(=O)/C(=C/c2c(N3C[C@H](C)O[C@@H](C)C3)nc3c(C)cccn3c2=O)SC1=S. The molecule has 3 atom stereocenters. The molecule has 0 bridgehead atoms. The molecule has 2 aromatic heterocycles. The number of carbonyl (C=O) groups is 1. The summed E-state index contributed by atoms with van der Waals surface area (Å²) < 4.78 is 7.96. The lowest BCUT2D eigenvalue weighted by molar-refractivity contribution is -0.123. The van der Waals surface area contributed by atoms with Crippen LogP contribution in [0.1, 0.15) is 45.2 Å². The molecule has 32 heavy (non-hydrogen) atoms. The number of morpholine rings is 1. The minimum Gasteiger partial charge on any atom is -0.372 e. The van der Waals surface area contributed by atoms with Crippen LogP contribution < -0.4 is 10.5 Å². The van der Waals surface area contributed by atoms with Crippen molar-refractivity contribution in [2.75, 3.05) is 18.0 Å². The van der Waals surface area contributed by atoms with Gasteiger partial charge in [0.25, 0.3) is 11.5 Å². The van der Waals surface area contributed by atoms with E-state index in [0.717, 1.165) is 12.0 Å². The number of hydrogen-bond donors (Lipinski definition) is 0. The Labute approximate surface area is 197 Å². The van der Waals surface area contributed by atoms with E-state index >= 15 is 0 Å². The molecule has 0 unspecified atom stereocenters. The molecule has 9 heteroatoms. The average Bonchev–Trinajstić information content (AvgIpc) is 3.02. The summed E-state index contributed by atoms with van der Waals surface area (Å²) in [6.45, 7) is 11.2. The van der Waals surface area contributed by atoms with Gasteiger partial charge in [-0.25, -0.2) is 4.98 Å². The van der Waals surface area contributed by atoms with Crippen molar-refractivity contribution < 1.29 is 9.53 Å². The van der Waals surface area contributed by atoms with Crippen molar-refractivity contribution in [3.8, 4) is 0 Å². The molecule has 0 aromatic carbocycles. The first-order valence-electron chi connectivity index (χ1n) is 10.9. The number of carbonyl (C=O) groups excluding carboxylic acids is 1. The first-order valence-corrected chi connectivity index (χ1v) is 12.1. The van der Waals surface area contributed by atoms with Crippen LogP contribution in [0.25, 0.3) is 11.7 Å². The maximum Gasteiger partial charge on any atom is 0.267 e. The molecule has 0 radical (unpaired) electrons. The van der Waals surface area contributed by atoms with Gasteiger partial charge in [-0.2, -0.15) is 0 Å². The Kier molecular flexibility index (Phi) is 6.42. The number of fused-ring (bicyclic) bond motifs is 1. The second-order valence-corrected chi connectivity index (χ2v) is 10.2. The number of aryl methyl sites for hydroxylation is 1. The van der Waals surface area contributed by atoms with Crippen LogP contribution >= 0.6 is 24.0 Å². The van der Waals surface area contributed by atoms with E-state index in [0.29, 0.717) is 39.3 Å². The number of thioether (sulfide) groups is 1. The highest BCUT2D eigenvalue weighted by molar-refractivity contribution is 8.26. The van der Waals surface area contributed by atoms with Gasteiger partial charge in [-0.3, -0.25) is 18.9 Å². The molecule has 7 nitrogen and oxygen atoms in total. The number of hydrogen-bond acceptors (Lipinski definition) is 7. The van der Waals surface area contributed by atoms with Gasteiger partial charge in [0.1, 0.15) is 15.8 Å². The molecule has 4 rings (SSSR count).